The molecule has 0 bridgehead atoms. The van der Waals surface area contributed by atoms with E-state index in [9.17, 15) is 5.11 Å². The van der Waals surface area contributed by atoms with E-state index >= 15 is 0 Å². The van der Waals surface area contributed by atoms with Crippen molar-refractivity contribution < 1.29 is 9.84 Å². The van der Waals surface area contributed by atoms with Crippen LogP contribution in [-0.4, -0.2) is 28.1 Å². The first-order valence-corrected chi connectivity index (χ1v) is 6.09. The second kappa shape index (κ2) is 4.97. The van der Waals surface area contributed by atoms with Crippen LogP contribution < -0.4 is 0 Å². The lowest BCUT2D eigenvalue weighted by Gasteiger charge is -2.26. The van der Waals surface area contributed by atoms with E-state index in [4.69, 9.17) is 4.74 Å². The van der Waals surface area contributed by atoms with Crippen LogP contribution in [0.5, 0.6) is 0 Å². The summed E-state index contributed by atoms with van der Waals surface area (Å²) in [5, 5.41) is 15.0. The summed E-state index contributed by atoms with van der Waals surface area (Å²) in [4.78, 5) is 0. The highest BCUT2D eigenvalue weighted by atomic mass is 16.5. The fourth-order valence-electron chi connectivity index (χ4n) is 2.31. The van der Waals surface area contributed by atoms with Gasteiger partial charge in [0.2, 0.25) is 0 Å². The van der Waals surface area contributed by atoms with Crippen LogP contribution in [0.4, 0.5) is 0 Å². The lowest BCUT2D eigenvalue weighted by atomic mass is 9.91. The van der Waals surface area contributed by atoms with Crippen LogP contribution in [0.15, 0.2) is 12.3 Å². The zero-order chi connectivity index (χ0) is 11.4. The molecule has 4 nitrogen and oxygen atoms in total. The summed E-state index contributed by atoms with van der Waals surface area (Å²) in [7, 11) is 0. The molecule has 90 valence electrons. The van der Waals surface area contributed by atoms with Crippen LogP contribution in [0.3, 0.4) is 0 Å². The lowest BCUT2D eigenvalue weighted by molar-refractivity contribution is 0.00612. The lowest BCUT2D eigenvalue weighted by Crippen LogP contribution is -2.29. The van der Waals surface area contributed by atoms with E-state index < -0.39 is 5.60 Å². The molecule has 1 saturated heterocycles. The van der Waals surface area contributed by atoms with Crippen molar-refractivity contribution in [1.82, 2.24) is 9.78 Å². The van der Waals surface area contributed by atoms with Gasteiger partial charge in [-0.25, -0.2) is 0 Å². The van der Waals surface area contributed by atoms with Crippen molar-refractivity contribution >= 4 is 0 Å². The SMILES string of the molecule is CCCn1nccc1C1(O)CCCOCC1. The highest BCUT2D eigenvalue weighted by Gasteiger charge is 2.33. The Balaban J connectivity index is 2.22. The van der Waals surface area contributed by atoms with Gasteiger partial charge < -0.3 is 9.84 Å². The number of hydrogen-bond donors (Lipinski definition) is 1. The Bertz CT molecular complexity index is 328. The van der Waals surface area contributed by atoms with E-state index in [2.05, 4.69) is 12.0 Å². The minimum absolute atomic E-state index is 0.633. The number of rotatable bonds is 3. The first-order chi connectivity index (χ1) is 7.76. The molecule has 16 heavy (non-hydrogen) atoms. The highest BCUT2D eigenvalue weighted by molar-refractivity contribution is 5.12. The van der Waals surface area contributed by atoms with Crippen LogP contribution in [0.25, 0.3) is 0 Å². The maximum absolute atomic E-state index is 10.7. The van der Waals surface area contributed by atoms with Crippen LogP contribution in [0, 0.1) is 0 Å². The normalized spacial score (nSPS) is 26.6. The summed E-state index contributed by atoms with van der Waals surface area (Å²) in [5.41, 5.74) is 0.196. The van der Waals surface area contributed by atoms with Crippen molar-refractivity contribution in [1.29, 1.82) is 0 Å². The van der Waals surface area contributed by atoms with Crippen molar-refractivity contribution in [3.63, 3.8) is 0 Å². The van der Waals surface area contributed by atoms with Crippen molar-refractivity contribution in [2.45, 2.75) is 44.8 Å². The number of hydrogen-bond acceptors (Lipinski definition) is 3. The number of ether oxygens (including phenoxy) is 1. The molecular weight excluding hydrogens is 204 g/mol. The molecule has 2 rings (SSSR count). The summed E-state index contributed by atoms with van der Waals surface area (Å²) >= 11 is 0. The molecule has 1 N–H and O–H groups in total. The zero-order valence-corrected chi connectivity index (χ0v) is 9.85. The molecular formula is C12H20N2O2. The van der Waals surface area contributed by atoms with Gasteiger partial charge >= 0.3 is 0 Å². The van der Waals surface area contributed by atoms with Crippen LogP contribution in [0.2, 0.25) is 0 Å². The predicted octanol–water partition coefficient (Wildman–Crippen LogP) is 1.68. The van der Waals surface area contributed by atoms with E-state index in [0.717, 1.165) is 38.1 Å². The predicted molar refractivity (Wildman–Crippen MR) is 61.1 cm³/mol. The summed E-state index contributed by atoms with van der Waals surface area (Å²) < 4.78 is 7.32. The Kier molecular flexibility index (Phi) is 3.61. The Morgan fingerprint density at radius 1 is 1.50 bits per heavy atom. The average Bonchev–Trinajstić information content (AvgIpc) is 2.62. The average molecular weight is 224 g/mol. The van der Waals surface area contributed by atoms with Crippen molar-refractivity contribution in [2.24, 2.45) is 0 Å². The van der Waals surface area contributed by atoms with Gasteiger partial charge in [-0.2, -0.15) is 5.10 Å². The maximum atomic E-state index is 10.7. The van der Waals surface area contributed by atoms with E-state index in [-0.39, 0.29) is 0 Å². The second-order valence-corrected chi connectivity index (χ2v) is 4.44. The fourth-order valence-corrected chi connectivity index (χ4v) is 2.31. The molecule has 0 saturated carbocycles. The van der Waals surface area contributed by atoms with E-state index in [0.29, 0.717) is 13.0 Å². The molecule has 1 atom stereocenters. The minimum Gasteiger partial charge on any atom is -0.383 e. The first kappa shape index (κ1) is 11.6. The molecule has 0 amide bonds. The summed E-state index contributed by atoms with van der Waals surface area (Å²) in [6, 6.07) is 1.93. The number of aryl methyl sites for hydroxylation is 1. The Morgan fingerprint density at radius 2 is 2.38 bits per heavy atom. The number of aliphatic hydroxyl groups is 1. The van der Waals surface area contributed by atoms with Gasteiger partial charge in [-0.1, -0.05) is 6.92 Å². The molecule has 1 fully saturated rings. The quantitative estimate of drug-likeness (QED) is 0.849. The monoisotopic (exact) mass is 224 g/mol. The van der Waals surface area contributed by atoms with E-state index in [1.165, 1.54) is 0 Å². The summed E-state index contributed by atoms with van der Waals surface area (Å²) in [6.07, 6.45) is 5.15. The van der Waals surface area contributed by atoms with Crippen LogP contribution >= 0.6 is 0 Å². The van der Waals surface area contributed by atoms with Crippen molar-refractivity contribution in [3.8, 4) is 0 Å². The molecule has 1 aromatic rings. The topological polar surface area (TPSA) is 47.3 Å². The summed E-state index contributed by atoms with van der Waals surface area (Å²) in [5.74, 6) is 0. The molecule has 2 heterocycles. The third-order valence-corrected chi connectivity index (χ3v) is 3.17. The smallest absolute Gasteiger partial charge is 0.108 e. The van der Waals surface area contributed by atoms with Gasteiger partial charge in [0.25, 0.3) is 0 Å². The van der Waals surface area contributed by atoms with Gasteiger partial charge in [-0.15, -0.1) is 0 Å². The molecule has 1 aliphatic heterocycles. The zero-order valence-electron chi connectivity index (χ0n) is 9.85. The van der Waals surface area contributed by atoms with Gasteiger partial charge in [-0.3, -0.25) is 4.68 Å². The Hall–Kier alpha value is -0.870. The maximum Gasteiger partial charge on any atom is 0.108 e. The van der Waals surface area contributed by atoms with Gasteiger partial charge in [0.1, 0.15) is 5.60 Å². The third kappa shape index (κ3) is 2.28. The van der Waals surface area contributed by atoms with Crippen molar-refractivity contribution in [3.05, 3.63) is 18.0 Å². The van der Waals surface area contributed by atoms with Gasteiger partial charge in [0, 0.05) is 32.4 Å². The Labute approximate surface area is 96.2 Å². The largest absolute Gasteiger partial charge is 0.383 e. The van der Waals surface area contributed by atoms with Gasteiger partial charge in [-0.05, 0) is 25.3 Å². The minimum atomic E-state index is -0.748. The molecule has 0 aliphatic carbocycles. The standard InChI is InChI=1S/C12H20N2O2/c1-2-8-14-11(4-7-13-14)12(15)5-3-9-16-10-6-12/h4,7,15H,2-3,5-6,8-10H2,1H3. The highest BCUT2D eigenvalue weighted by Crippen LogP contribution is 2.32. The molecule has 4 heteroatoms. The first-order valence-electron chi connectivity index (χ1n) is 6.09. The van der Waals surface area contributed by atoms with Gasteiger partial charge in [0.15, 0.2) is 0 Å². The van der Waals surface area contributed by atoms with E-state index in [1.807, 2.05) is 10.7 Å². The van der Waals surface area contributed by atoms with E-state index in [1.54, 1.807) is 6.20 Å². The van der Waals surface area contributed by atoms with Gasteiger partial charge in [0.05, 0.1) is 5.69 Å². The fraction of sp³-hybridized carbons (Fsp3) is 0.750. The van der Waals surface area contributed by atoms with Crippen molar-refractivity contribution in [2.75, 3.05) is 13.2 Å². The van der Waals surface area contributed by atoms with Crippen LogP contribution in [0.1, 0.15) is 38.3 Å². The van der Waals surface area contributed by atoms with Crippen LogP contribution in [-0.2, 0) is 16.9 Å². The summed E-state index contributed by atoms with van der Waals surface area (Å²) in [6.45, 7) is 4.37. The Morgan fingerprint density at radius 3 is 3.19 bits per heavy atom. The molecule has 0 spiro atoms. The molecule has 1 aromatic heterocycles. The number of nitrogens with zero attached hydrogens (tertiary/aromatic N) is 2. The molecule has 0 radical (unpaired) electrons. The molecule has 0 aromatic carbocycles. The second-order valence-electron chi connectivity index (χ2n) is 4.44. The number of aromatic nitrogens is 2. The molecule has 1 aliphatic rings. The molecule has 1 unspecified atom stereocenters. The third-order valence-electron chi connectivity index (χ3n) is 3.17.